The molecule has 0 aliphatic rings. The molecule has 21 heavy (non-hydrogen) atoms. The lowest BCUT2D eigenvalue weighted by Crippen LogP contribution is -2.36. The fourth-order valence-electron chi connectivity index (χ4n) is 2.28. The molecule has 0 spiro atoms. The van der Waals surface area contributed by atoms with E-state index >= 15 is 0 Å². The standard InChI is InChI=1S/C14H23N5O2/c1-8(2)6-7-9(3)15-13-16-10-11(17-13)18(4)14(21)19(5)12(10)20/h8-9H,6-7H2,1-5H3,(H2,15,16,17). The van der Waals surface area contributed by atoms with Crippen molar-refractivity contribution in [1.29, 1.82) is 0 Å². The van der Waals surface area contributed by atoms with Gasteiger partial charge in [-0.2, -0.15) is 4.98 Å². The van der Waals surface area contributed by atoms with Crippen LogP contribution in [0.15, 0.2) is 9.59 Å². The molecule has 2 rings (SSSR count). The first-order valence-electron chi connectivity index (χ1n) is 7.23. The zero-order valence-electron chi connectivity index (χ0n) is 13.2. The molecule has 0 fully saturated rings. The number of hydrogen-bond donors (Lipinski definition) is 2. The van der Waals surface area contributed by atoms with Crippen LogP contribution in [0.25, 0.3) is 11.2 Å². The number of imidazole rings is 1. The quantitative estimate of drug-likeness (QED) is 0.867. The van der Waals surface area contributed by atoms with Gasteiger partial charge in [-0.1, -0.05) is 13.8 Å². The summed E-state index contributed by atoms with van der Waals surface area (Å²) in [5.41, 5.74) is -0.0123. The van der Waals surface area contributed by atoms with Crippen molar-refractivity contribution in [3.63, 3.8) is 0 Å². The number of aromatic amines is 1. The van der Waals surface area contributed by atoms with Gasteiger partial charge in [0.05, 0.1) is 0 Å². The highest BCUT2D eigenvalue weighted by molar-refractivity contribution is 5.72. The van der Waals surface area contributed by atoms with Gasteiger partial charge in [0.15, 0.2) is 11.2 Å². The van der Waals surface area contributed by atoms with E-state index in [0.29, 0.717) is 23.0 Å². The molecule has 0 radical (unpaired) electrons. The van der Waals surface area contributed by atoms with Crippen LogP contribution < -0.4 is 16.6 Å². The Labute approximate surface area is 123 Å². The monoisotopic (exact) mass is 293 g/mol. The number of nitrogens with zero attached hydrogens (tertiary/aromatic N) is 3. The number of H-pyrrole nitrogens is 1. The van der Waals surface area contributed by atoms with Gasteiger partial charge < -0.3 is 10.3 Å². The third-order valence-electron chi connectivity index (χ3n) is 3.65. The van der Waals surface area contributed by atoms with Gasteiger partial charge >= 0.3 is 5.69 Å². The third-order valence-corrected chi connectivity index (χ3v) is 3.65. The maximum Gasteiger partial charge on any atom is 0.332 e. The second kappa shape index (κ2) is 5.75. The van der Waals surface area contributed by atoms with E-state index in [4.69, 9.17) is 0 Å². The van der Waals surface area contributed by atoms with Crippen LogP contribution in [0.3, 0.4) is 0 Å². The Hall–Kier alpha value is -2.05. The average molecular weight is 293 g/mol. The summed E-state index contributed by atoms with van der Waals surface area (Å²) in [6.07, 6.45) is 2.14. The predicted octanol–water partition coefficient (Wildman–Crippen LogP) is 1.20. The third kappa shape index (κ3) is 3.01. The molecule has 2 aromatic rings. The van der Waals surface area contributed by atoms with Crippen LogP contribution in [-0.4, -0.2) is 25.1 Å². The molecule has 2 N–H and O–H groups in total. The van der Waals surface area contributed by atoms with Gasteiger partial charge in [0.1, 0.15) is 0 Å². The van der Waals surface area contributed by atoms with Gasteiger partial charge in [-0.15, -0.1) is 0 Å². The smallest absolute Gasteiger partial charge is 0.332 e. The molecule has 0 bridgehead atoms. The summed E-state index contributed by atoms with van der Waals surface area (Å²) in [6.45, 7) is 6.45. The molecule has 1 atom stereocenters. The lowest BCUT2D eigenvalue weighted by Gasteiger charge is -2.13. The van der Waals surface area contributed by atoms with Crippen molar-refractivity contribution in [1.82, 2.24) is 19.1 Å². The summed E-state index contributed by atoms with van der Waals surface area (Å²) >= 11 is 0. The van der Waals surface area contributed by atoms with Crippen molar-refractivity contribution in [2.24, 2.45) is 20.0 Å². The first-order chi connectivity index (χ1) is 9.81. The van der Waals surface area contributed by atoms with E-state index in [1.54, 1.807) is 7.05 Å². The molecule has 0 amide bonds. The minimum atomic E-state index is -0.376. The van der Waals surface area contributed by atoms with Gasteiger partial charge in [-0.25, -0.2) is 4.79 Å². The Morgan fingerprint density at radius 1 is 1.14 bits per heavy atom. The molecule has 7 heteroatoms. The molecule has 2 heterocycles. The molecule has 0 aromatic carbocycles. The maximum absolute atomic E-state index is 12.1. The Morgan fingerprint density at radius 3 is 2.43 bits per heavy atom. The molecule has 0 aliphatic heterocycles. The Bertz CT molecular complexity index is 753. The number of anilines is 1. The molecule has 116 valence electrons. The Morgan fingerprint density at radius 2 is 1.81 bits per heavy atom. The normalized spacial score (nSPS) is 13.0. The van der Waals surface area contributed by atoms with Crippen molar-refractivity contribution in [3.05, 3.63) is 20.8 Å². The van der Waals surface area contributed by atoms with Crippen LogP contribution in [0.2, 0.25) is 0 Å². The molecule has 7 nitrogen and oxygen atoms in total. The van der Waals surface area contributed by atoms with Gasteiger partial charge in [-0.05, 0) is 25.7 Å². The SMILES string of the molecule is CC(C)CCC(C)Nc1nc2c([nH]1)c(=O)n(C)c(=O)n2C. The zero-order valence-corrected chi connectivity index (χ0v) is 13.2. The minimum Gasteiger partial charge on any atom is -0.353 e. The molecule has 1 unspecified atom stereocenters. The van der Waals surface area contributed by atoms with Crippen LogP contribution in [0, 0.1) is 5.92 Å². The van der Waals surface area contributed by atoms with E-state index in [9.17, 15) is 9.59 Å². The number of rotatable bonds is 5. The van der Waals surface area contributed by atoms with Crippen molar-refractivity contribution in [2.45, 2.75) is 39.7 Å². The topological polar surface area (TPSA) is 84.7 Å². The first-order valence-corrected chi connectivity index (χ1v) is 7.23. The first kappa shape index (κ1) is 15.3. The van der Waals surface area contributed by atoms with E-state index in [-0.39, 0.29) is 17.3 Å². The van der Waals surface area contributed by atoms with E-state index in [0.717, 1.165) is 17.4 Å². The number of aromatic nitrogens is 4. The summed E-state index contributed by atoms with van der Waals surface area (Å²) in [4.78, 5) is 31.2. The molecular formula is C14H23N5O2. The minimum absolute atomic E-state index is 0.244. The van der Waals surface area contributed by atoms with Crippen molar-refractivity contribution in [2.75, 3.05) is 5.32 Å². The van der Waals surface area contributed by atoms with E-state index in [2.05, 4.69) is 36.1 Å². The number of nitrogens with one attached hydrogen (secondary N) is 2. The summed E-state index contributed by atoms with van der Waals surface area (Å²) < 4.78 is 2.45. The summed E-state index contributed by atoms with van der Waals surface area (Å²) in [5.74, 6) is 1.18. The van der Waals surface area contributed by atoms with E-state index < -0.39 is 0 Å². The van der Waals surface area contributed by atoms with Crippen molar-refractivity contribution < 1.29 is 0 Å². The van der Waals surface area contributed by atoms with Crippen LogP contribution in [0.4, 0.5) is 5.95 Å². The predicted molar refractivity (Wildman–Crippen MR) is 83.7 cm³/mol. The number of aryl methyl sites for hydroxylation is 1. The highest BCUT2D eigenvalue weighted by atomic mass is 16.2. The van der Waals surface area contributed by atoms with Crippen LogP contribution >= 0.6 is 0 Å². The highest BCUT2D eigenvalue weighted by Crippen LogP contribution is 2.13. The number of hydrogen-bond acceptors (Lipinski definition) is 4. The van der Waals surface area contributed by atoms with Gasteiger partial charge in [-0.3, -0.25) is 13.9 Å². The van der Waals surface area contributed by atoms with Crippen LogP contribution in [0.5, 0.6) is 0 Å². The molecule has 0 saturated carbocycles. The second-order valence-corrected chi connectivity index (χ2v) is 6.01. The fraction of sp³-hybridized carbons (Fsp3) is 0.643. The van der Waals surface area contributed by atoms with Crippen molar-refractivity contribution in [3.8, 4) is 0 Å². The lowest BCUT2D eigenvalue weighted by atomic mass is 10.0. The summed E-state index contributed by atoms with van der Waals surface area (Å²) in [5, 5.41) is 3.25. The Balaban J connectivity index is 2.32. The second-order valence-electron chi connectivity index (χ2n) is 6.01. The average Bonchev–Trinajstić information content (AvgIpc) is 2.84. The largest absolute Gasteiger partial charge is 0.353 e. The lowest BCUT2D eigenvalue weighted by molar-refractivity contribution is 0.526. The zero-order chi connectivity index (χ0) is 15.7. The summed E-state index contributed by atoms with van der Waals surface area (Å²) in [7, 11) is 3.07. The molecular weight excluding hydrogens is 270 g/mol. The van der Waals surface area contributed by atoms with Crippen LogP contribution in [0.1, 0.15) is 33.6 Å². The Kier molecular flexibility index (Phi) is 4.20. The highest BCUT2D eigenvalue weighted by Gasteiger charge is 2.14. The number of fused-ring (bicyclic) bond motifs is 1. The van der Waals surface area contributed by atoms with Gasteiger partial charge in [0, 0.05) is 20.1 Å². The van der Waals surface area contributed by atoms with Crippen LogP contribution in [-0.2, 0) is 14.1 Å². The fourth-order valence-corrected chi connectivity index (χ4v) is 2.28. The summed E-state index contributed by atoms with van der Waals surface area (Å²) in [6, 6.07) is 0.244. The van der Waals surface area contributed by atoms with Gasteiger partial charge in [0.25, 0.3) is 5.56 Å². The maximum atomic E-state index is 12.1. The van der Waals surface area contributed by atoms with Gasteiger partial charge in [0.2, 0.25) is 5.95 Å². The molecule has 2 aromatic heterocycles. The van der Waals surface area contributed by atoms with E-state index in [1.807, 2.05) is 0 Å². The molecule has 0 saturated heterocycles. The van der Waals surface area contributed by atoms with Crippen molar-refractivity contribution >= 4 is 17.1 Å². The molecule has 0 aliphatic carbocycles. The van der Waals surface area contributed by atoms with E-state index in [1.165, 1.54) is 11.6 Å².